The van der Waals surface area contributed by atoms with Gasteiger partial charge in [0.15, 0.2) is 0 Å². The van der Waals surface area contributed by atoms with Gasteiger partial charge in [0, 0.05) is 5.56 Å². The summed E-state index contributed by atoms with van der Waals surface area (Å²) in [4.78, 5) is 0. The molecule has 5 nitrogen and oxygen atoms in total. The van der Waals surface area contributed by atoms with Crippen LogP contribution in [0.2, 0.25) is 0 Å². The molecule has 0 saturated heterocycles. The number of hydrogen-bond donors (Lipinski definition) is 2. The van der Waals surface area contributed by atoms with E-state index in [0.717, 1.165) is 17.7 Å². The smallest absolute Gasteiger partial charge is 0.220 e. The van der Waals surface area contributed by atoms with Crippen LogP contribution in [-0.4, -0.2) is 28.5 Å². The van der Waals surface area contributed by atoms with Crippen molar-refractivity contribution in [2.24, 2.45) is 5.73 Å². The molecule has 0 fully saturated rings. The standard InChI is InChI=1S/C14H19N3O2/c1-3-11-10(8-9-15)14(19-2)17(16-11)12-6-4-5-7-13(12)18/h4-7,18H,3,8-9,15H2,1-2H3. The molecule has 0 aliphatic carbocycles. The minimum atomic E-state index is 0.172. The average molecular weight is 261 g/mol. The van der Waals surface area contributed by atoms with Gasteiger partial charge in [-0.2, -0.15) is 9.78 Å². The van der Waals surface area contributed by atoms with Crippen LogP contribution in [0.15, 0.2) is 24.3 Å². The third-order valence-electron chi connectivity index (χ3n) is 3.05. The van der Waals surface area contributed by atoms with Gasteiger partial charge in [0.25, 0.3) is 0 Å². The van der Waals surface area contributed by atoms with E-state index in [1.165, 1.54) is 0 Å². The van der Waals surface area contributed by atoms with Crippen LogP contribution in [0, 0.1) is 0 Å². The Morgan fingerprint density at radius 2 is 2.11 bits per heavy atom. The Balaban J connectivity index is 2.60. The van der Waals surface area contributed by atoms with Crippen LogP contribution in [0.1, 0.15) is 18.2 Å². The van der Waals surface area contributed by atoms with E-state index in [0.29, 0.717) is 24.5 Å². The number of nitrogens with zero attached hydrogens (tertiary/aromatic N) is 2. The second kappa shape index (κ2) is 5.75. The van der Waals surface area contributed by atoms with E-state index in [4.69, 9.17) is 10.5 Å². The lowest BCUT2D eigenvalue weighted by molar-refractivity contribution is 0.376. The lowest BCUT2D eigenvalue weighted by atomic mass is 10.1. The molecule has 0 aliphatic rings. The molecule has 3 N–H and O–H groups in total. The third kappa shape index (κ3) is 2.42. The van der Waals surface area contributed by atoms with Gasteiger partial charge in [0.05, 0.1) is 12.8 Å². The van der Waals surface area contributed by atoms with Crippen molar-refractivity contribution in [1.82, 2.24) is 9.78 Å². The maximum Gasteiger partial charge on any atom is 0.220 e. The Hall–Kier alpha value is -2.01. The number of aryl methyl sites for hydroxylation is 1. The molecule has 1 aromatic carbocycles. The fraction of sp³-hybridized carbons (Fsp3) is 0.357. The van der Waals surface area contributed by atoms with Crippen molar-refractivity contribution < 1.29 is 9.84 Å². The molecule has 19 heavy (non-hydrogen) atoms. The second-order valence-corrected chi connectivity index (χ2v) is 4.23. The third-order valence-corrected chi connectivity index (χ3v) is 3.05. The largest absolute Gasteiger partial charge is 0.506 e. The van der Waals surface area contributed by atoms with Crippen LogP contribution >= 0.6 is 0 Å². The van der Waals surface area contributed by atoms with Crippen LogP contribution in [0.4, 0.5) is 0 Å². The Kier molecular flexibility index (Phi) is 4.06. The van der Waals surface area contributed by atoms with Crippen molar-refractivity contribution in [1.29, 1.82) is 0 Å². The van der Waals surface area contributed by atoms with Gasteiger partial charge in [-0.15, -0.1) is 0 Å². The Labute approximate surface area is 112 Å². The highest BCUT2D eigenvalue weighted by Gasteiger charge is 2.19. The normalized spacial score (nSPS) is 10.7. The lowest BCUT2D eigenvalue weighted by Gasteiger charge is -2.09. The van der Waals surface area contributed by atoms with Crippen molar-refractivity contribution in [2.45, 2.75) is 19.8 Å². The molecular formula is C14H19N3O2. The number of methoxy groups -OCH3 is 1. The first kappa shape index (κ1) is 13.4. The van der Waals surface area contributed by atoms with E-state index in [2.05, 4.69) is 5.10 Å². The molecule has 0 aliphatic heterocycles. The summed E-state index contributed by atoms with van der Waals surface area (Å²) in [6, 6.07) is 7.06. The number of phenolic OH excluding ortho intramolecular Hbond substituents is 1. The molecular weight excluding hydrogens is 242 g/mol. The summed E-state index contributed by atoms with van der Waals surface area (Å²) in [5, 5.41) is 14.5. The molecule has 0 unspecified atom stereocenters. The molecule has 0 atom stereocenters. The summed E-state index contributed by atoms with van der Waals surface area (Å²) < 4.78 is 7.09. The van der Waals surface area contributed by atoms with Gasteiger partial charge < -0.3 is 15.6 Å². The molecule has 0 amide bonds. The zero-order valence-corrected chi connectivity index (χ0v) is 11.3. The van der Waals surface area contributed by atoms with Crippen LogP contribution in [0.3, 0.4) is 0 Å². The average Bonchev–Trinajstić information content (AvgIpc) is 2.77. The summed E-state index contributed by atoms with van der Waals surface area (Å²) in [5.74, 6) is 0.814. The van der Waals surface area contributed by atoms with Crippen molar-refractivity contribution >= 4 is 0 Å². The number of aromatic hydroxyl groups is 1. The number of benzene rings is 1. The molecule has 2 aromatic rings. The van der Waals surface area contributed by atoms with Crippen LogP contribution in [0.5, 0.6) is 11.6 Å². The van der Waals surface area contributed by atoms with Crippen molar-refractivity contribution in [2.75, 3.05) is 13.7 Å². The number of nitrogens with two attached hydrogens (primary N) is 1. The Morgan fingerprint density at radius 3 is 2.68 bits per heavy atom. The van der Waals surface area contributed by atoms with Crippen molar-refractivity contribution in [3.05, 3.63) is 35.5 Å². The van der Waals surface area contributed by atoms with Gasteiger partial charge in [-0.05, 0) is 31.5 Å². The first-order chi connectivity index (χ1) is 9.22. The molecule has 0 saturated carbocycles. The molecule has 5 heteroatoms. The van der Waals surface area contributed by atoms with E-state index in [9.17, 15) is 5.11 Å². The molecule has 0 bridgehead atoms. The molecule has 0 spiro atoms. The Morgan fingerprint density at radius 1 is 1.37 bits per heavy atom. The Bertz CT molecular complexity index is 564. The number of aromatic nitrogens is 2. The summed E-state index contributed by atoms with van der Waals surface area (Å²) in [7, 11) is 1.60. The van der Waals surface area contributed by atoms with Crippen LogP contribution < -0.4 is 10.5 Å². The SMILES string of the molecule is CCc1nn(-c2ccccc2O)c(OC)c1CCN. The zero-order valence-electron chi connectivity index (χ0n) is 11.3. The number of ether oxygens (including phenoxy) is 1. The minimum absolute atomic E-state index is 0.172. The van der Waals surface area contributed by atoms with Gasteiger partial charge in [-0.3, -0.25) is 0 Å². The quantitative estimate of drug-likeness (QED) is 0.858. The van der Waals surface area contributed by atoms with Gasteiger partial charge in [-0.25, -0.2) is 0 Å². The molecule has 102 valence electrons. The predicted octanol–water partition coefficient (Wildman–Crippen LogP) is 1.65. The van der Waals surface area contributed by atoms with Gasteiger partial charge in [-0.1, -0.05) is 19.1 Å². The van der Waals surface area contributed by atoms with E-state index >= 15 is 0 Å². The highest BCUT2D eigenvalue weighted by Crippen LogP contribution is 2.30. The summed E-state index contributed by atoms with van der Waals surface area (Å²) >= 11 is 0. The van der Waals surface area contributed by atoms with Crippen molar-refractivity contribution in [3.63, 3.8) is 0 Å². The number of para-hydroxylation sites is 2. The maximum atomic E-state index is 9.95. The van der Waals surface area contributed by atoms with Crippen LogP contribution in [-0.2, 0) is 12.8 Å². The molecule has 0 radical (unpaired) electrons. The van der Waals surface area contributed by atoms with Gasteiger partial charge in [0.1, 0.15) is 11.4 Å². The first-order valence-corrected chi connectivity index (χ1v) is 6.36. The number of hydrogen-bond acceptors (Lipinski definition) is 4. The predicted molar refractivity (Wildman–Crippen MR) is 73.9 cm³/mol. The van der Waals surface area contributed by atoms with E-state index in [1.54, 1.807) is 30.0 Å². The number of phenols is 1. The van der Waals surface area contributed by atoms with Crippen molar-refractivity contribution in [3.8, 4) is 17.3 Å². The highest BCUT2D eigenvalue weighted by atomic mass is 16.5. The fourth-order valence-electron chi connectivity index (χ4n) is 2.17. The zero-order chi connectivity index (χ0) is 13.8. The van der Waals surface area contributed by atoms with E-state index in [-0.39, 0.29) is 5.75 Å². The van der Waals surface area contributed by atoms with E-state index < -0.39 is 0 Å². The maximum absolute atomic E-state index is 9.95. The summed E-state index contributed by atoms with van der Waals surface area (Å²) in [6.07, 6.45) is 1.51. The fourth-order valence-corrected chi connectivity index (χ4v) is 2.17. The summed E-state index contributed by atoms with van der Waals surface area (Å²) in [6.45, 7) is 2.58. The molecule has 2 rings (SSSR count). The topological polar surface area (TPSA) is 73.3 Å². The minimum Gasteiger partial charge on any atom is -0.506 e. The highest BCUT2D eigenvalue weighted by molar-refractivity contribution is 5.49. The van der Waals surface area contributed by atoms with Gasteiger partial charge in [0.2, 0.25) is 5.88 Å². The monoisotopic (exact) mass is 261 g/mol. The second-order valence-electron chi connectivity index (χ2n) is 4.23. The first-order valence-electron chi connectivity index (χ1n) is 6.36. The summed E-state index contributed by atoms with van der Waals surface area (Å²) in [5.41, 5.74) is 8.21. The molecule has 1 heterocycles. The number of rotatable bonds is 5. The lowest BCUT2D eigenvalue weighted by Crippen LogP contribution is -2.06. The van der Waals surface area contributed by atoms with Crippen LogP contribution in [0.25, 0.3) is 5.69 Å². The molecule has 1 aromatic heterocycles. The van der Waals surface area contributed by atoms with E-state index in [1.807, 2.05) is 13.0 Å². The van der Waals surface area contributed by atoms with Gasteiger partial charge >= 0.3 is 0 Å².